The minimum absolute atomic E-state index is 0.0597. The maximum Gasteiger partial charge on any atom is 0.410 e. The molecule has 1 aliphatic carbocycles. The number of pyridine rings is 1. The van der Waals surface area contributed by atoms with Crippen LogP contribution in [0.5, 0.6) is 0 Å². The van der Waals surface area contributed by atoms with Crippen molar-refractivity contribution < 1.29 is 23.5 Å². The molecule has 2 N–H and O–H groups in total. The number of piperidine rings is 1. The van der Waals surface area contributed by atoms with E-state index in [2.05, 4.69) is 35.3 Å². The van der Waals surface area contributed by atoms with Crippen LogP contribution in [0.15, 0.2) is 42.7 Å². The molecule has 0 spiro atoms. The predicted molar refractivity (Wildman–Crippen MR) is 169 cm³/mol. The number of rotatable bonds is 6. The molecule has 3 unspecified atom stereocenters. The van der Waals surface area contributed by atoms with Gasteiger partial charge in [0.25, 0.3) is 0 Å². The Bertz CT molecular complexity index is 1350. The van der Waals surface area contributed by atoms with Gasteiger partial charge in [-0.2, -0.15) is 0 Å². The van der Waals surface area contributed by atoms with E-state index < -0.39 is 11.4 Å². The summed E-state index contributed by atoms with van der Waals surface area (Å²) in [6.07, 6.45) is 4.94. The number of ether oxygens (including phenoxy) is 1. The van der Waals surface area contributed by atoms with Crippen LogP contribution in [0.25, 0.3) is 0 Å². The standard InChI is InChI=1S/C32H44BFN6O4/c1-31(2,3)44-30(43)40-16-14-38(15-17-40)24-9-12-39(13-10-24)29(42)36-20-21-7-8-23(18-25(21)34)37-28(41)27-26(32(27,4)33)22-6-5-11-35-19-22/h5-8,11,18-19,24,26-27H,9-10,12-17,20,33H2,1-4H3,(H,36,42)(H,37,41). The number of benzene rings is 1. The molecule has 2 aromatic rings. The van der Waals surface area contributed by atoms with Crippen LogP contribution in [0.2, 0.25) is 5.31 Å². The lowest BCUT2D eigenvalue weighted by molar-refractivity contribution is -0.117. The largest absolute Gasteiger partial charge is 0.444 e. The summed E-state index contributed by atoms with van der Waals surface area (Å²) in [6.45, 7) is 11.8. The molecular formula is C32H44BFN6O4. The van der Waals surface area contributed by atoms with Gasteiger partial charge in [0.1, 0.15) is 19.3 Å². The average Bonchev–Trinajstić information content (AvgIpc) is 3.58. The molecule has 0 radical (unpaired) electrons. The molecule has 10 nitrogen and oxygen atoms in total. The lowest BCUT2D eigenvalue weighted by Crippen LogP contribution is -2.55. The molecule has 3 aliphatic rings. The zero-order chi connectivity index (χ0) is 31.6. The van der Waals surface area contributed by atoms with Crippen molar-refractivity contribution in [1.29, 1.82) is 0 Å². The third-order valence-corrected chi connectivity index (χ3v) is 9.14. The summed E-state index contributed by atoms with van der Waals surface area (Å²) in [6, 6.07) is 8.58. The lowest BCUT2D eigenvalue weighted by atomic mass is 9.80. The van der Waals surface area contributed by atoms with E-state index in [1.54, 1.807) is 34.3 Å². The number of aromatic nitrogens is 1. The number of piperazine rings is 1. The van der Waals surface area contributed by atoms with Crippen LogP contribution >= 0.6 is 0 Å². The molecule has 0 bridgehead atoms. The topological polar surface area (TPSA) is 107 Å². The monoisotopic (exact) mass is 606 g/mol. The Kier molecular flexibility index (Phi) is 9.20. The van der Waals surface area contributed by atoms with Gasteiger partial charge in [-0.25, -0.2) is 14.0 Å². The van der Waals surface area contributed by atoms with E-state index in [1.807, 2.05) is 32.9 Å². The quantitative estimate of drug-likeness (QED) is 0.487. The summed E-state index contributed by atoms with van der Waals surface area (Å²) < 4.78 is 20.4. The highest BCUT2D eigenvalue weighted by atomic mass is 19.1. The Hall–Kier alpha value is -3.67. The summed E-state index contributed by atoms with van der Waals surface area (Å²) in [5.74, 6) is -0.779. The Labute approximate surface area is 260 Å². The van der Waals surface area contributed by atoms with Crippen molar-refractivity contribution in [3.05, 3.63) is 59.7 Å². The fraction of sp³-hybridized carbons (Fsp3) is 0.562. The molecule has 1 aromatic carbocycles. The molecule has 1 saturated carbocycles. The van der Waals surface area contributed by atoms with Gasteiger partial charge in [-0.3, -0.25) is 14.7 Å². The summed E-state index contributed by atoms with van der Waals surface area (Å²) in [5, 5.41) is 5.51. The molecule has 236 valence electrons. The molecule has 12 heteroatoms. The Morgan fingerprint density at radius 2 is 1.77 bits per heavy atom. The van der Waals surface area contributed by atoms with E-state index in [0.717, 1.165) is 31.5 Å². The van der Waals surface area contributed by atoms with E-state index >= 15 is 0 Å². The fourth-order valence-electron chi connectivity index (χ4n) is 6.61. The Morgan fingerprint density at radius 1 is 1.07 bits per heavy atom. The normalized spacial score (nSPS) is 24.5. The van der Waals surface area contributed by atoms with Gasteiger partial charge >= 0.3 is 12.1 Å². The molecule has 2 aliphatic heterocycles. The second kappa shape index (κ2) is 12.7. The van der Waals surface area contributed by atoms with Gasteiger partial charge < -0.3 is 25.2 Å². The molecule has 5 rings (SSSR count). The van der Waals surface area contributed by atoms with E-state index in [4.69, 9.17) is 4.74 Å². The van der Waals surface area contributed by atoms with Crippen LogP contribution in [-0.2, 0) is 16.1 Å². The second-order valence-electron chi connectivity index (χ2n) is 13.7. The highest BCUT2D eigenvalue weighted by Crippen LogP contribution is 2.68. The van der Waals surface area contributed by atoms with Crippen LogP contribution in [-0.4, -0.2) is 96.5 Å². The highest BCUT2D eigenvalue weighted by Gasteiger charge is 2.61. The summed E-state index contributed by atoms with van der Waals surface area (Å²) in [7, 11) is 2.05. The lowest BCUT2D eigenvalue weighted by Gasteiger charge is -2.42. The molecule has 3 atom stereocenters. The number of nitrogens with zero attached hydrogens (tertiary/aromatic N) is 4. The molecule has 2 saturated heterocycles. The van der Waals surface area contributed by atoms with Gasteiger partial charge in [0.15, 0.2) is 0 Å². The fourth-order valence-corrected chi connectivity index (χ4v) is 6.61. The number of likely N-dealkylation sites (tertiary alicyclic amines) is 1. The second-order valence-corrected chi connectivity index (χ2v) is 13.7. The van der Waals surface area contributed by atoms with Crippen LogP contribution in [0, 0.1) is 11.7 Å². The number of carbonyl (C=O) groups excluding carboxylic acids is 3. The summed E-state index contributed by atoms with van der Waals surface area (Å²) >= 11 is 0. The number of urea groups is 1. The van der Waals surface area contributed by atoms with Crippen LogP contribution in [0.1, 0.15) is 57.6 Å². The number of nitrogens with one attached hydrogen (secondary N) is 2. The first-order valence-electron chi connectivity index (χ1n) is 15.6. The minimum Gasteiger partial charge on any atom is -0.444 e. The predicted octanol–water partition coefficient (Wildman–Crippen LogP) is 3.61. The van der Waals surface area contributed by atoms with Crippen LogP contribution in [0.3, 0.4) is 0 Å². The summed E-state index contributed by atoms with van der Waals surface area (Å²) in [4.78, 5) is 48.4. The average molecular weight is 607 g/mol. The Balaban J connectivity index is 1.04. The smallest absolute Gasteiger partial charge is 0.410 e. The van der Waals surface area contributed by atoms with E-state index in [9.17, 15) is 18.8 Å². The molecule has 3 fully saturated rings. The number of hydrogen-bond acceptors (Lipinski definition) is 6. The zero-order valence-electron chi connectivity index (χ0n) is 26.4. The maximum atomic E-state index is 15.0. The molecule has 1 aromatic heterocycles. The molecule has 3 heterocycles. The van der Waals surface area contributed by atoms with Gasteiger partial charge in [0.2, 0.25) is 5.91 Å². The van der Waals surface area contributed by atoms with Crippen molar-refractivity contribution >= 4 is 31.6 Å². The van der Waals surface area contributed by atoms with Crippen molar-refractivity contribution in [2.24, 2.45) is 5.92 Å². The van der Waals surface area contributed by atoms with Gasteiger partial charge in [0.05, 0.1) is 0 Å². The number of amides is 4. The van der Waals surface area contributed by atoms with Crippen LogP contribution < -0.4 is 10.6 Å². The van der Waals surface area contributed by atoms with Gasteiger partial charge in [-0.15, -0.1) is 0 Å². The number of halogens is 1. The van der Waals surface area contributed by atoms with Crippen molar-refractivity contribution in [2.75, 3.05) is 44.6 Å². The molecular weight excluding hydrogens is 562 g/mol. The van der Waals surface area contributed by atoms with Crippen molar-refractivity contribution in [2.45, 2.75) is 70.0 Å². The number of carbonyl (C=O) groups is 3. The van der Waals surface area contributed by atoms with Gasteiger partial charge in [-0.1, -0.05) is 19.1 Å². The van der Waals surface area contributed by atoms with Crippen molar-refractivity contribution in [1.82, 2.24) is 25.0 Å². The number of hydrogen-bond donors (Lipinski definition) is 2. The van der Waals surface area contributed by atoms with Crippen molar-refractivity contribution in [3.8, 4) is 0 Å². The Morgan fingerprint density at radius 3 is 2.39 bits per heavy atom. The minimum atomic E-state index is -0.506. The van der Waals surface area contributed by atoms with Gasteiger partial charge in [-0.05, 0) is 68.6 Å². The SMILES string of the molecule is BC1(C)C(C(=O)Nc2ccc(CNC(=O)N3CCC(N4CCN(C(=O)OC(C)(C)C)CC4)CC3)c(F)c2)C1c1cccnc1. The maximum absolute atomic E-state index is 15.0. The molecule has 44 heavy (non-hydrogen) atoms. The van der Waals surface area contributed by atoms with Crippen molar-refractivity contribution in [3.63, 3.8) is 0 Å². The first-order chi connectivity index (χ1) is 20.8. The first kappa shape index (κ1) is 31.8. The van der Waals surface area contributed by atoms with Crippen LogP contribution in [0.4, 0.5) is 19.7 Å². The number of anilines is 1. The third-order valence-electron chi connectivity index (χ3n) is 9.14. The summed E-state index contributed by atoms with van der Waals surface area (Å²) in [5.41, 5.74) is 1.27. The van der Waals surface area contributed by atoms with E-state index in [1.165, 1.54) is 6.07 Å². The first-order valence-corrected chi connectivity index (χ1v) is 15.6. The van der Waals surface area contributed by atoms with Gasteiger partial charge in [0, 0.05) is 81.4 Å². The van der Waals surface area contributed by atoms with E-state index in [0.29, 0.717) is 43.5 Å². The van der Waals surface area contributed by atoms with E-state index in [-0.39, 0.29) is 41.7 Å². The molecule has 4 amide bonds. The third kappa shape index (κ3) is 7.34. The zero-order valence-corrected chi connectivity index (χ0v) is 26.4. The highest BCUT2D eigenvalue weighted by molar-refractivity contribution is 6.23.